The number of fused-ring (bicyclic) bond motifs is 1. The Morgan fingerprint density at radius 3 is 2.46 bits per heavy atom. The number of aldehydes is 1. The minimum Gasteiger partial charge on any atom is -0.497 e. The Hall–Kier alpha value is -3.34. The number of hydrogen-bond donors (Lipinski definition) is 0. The van der Waals surface area contributed by atoms with Gasteiger partial charge in [0.25, 0.3) is 0 Å². The van der Waals surface area contributed by atoms with Crippen molar-refractivity contribution < 1.29 is 19.1 Å². The van der Waals surface area contributed by atoms with Crippen LogP contribution >= 0.6 is 0 Å². The standard InChI is InChI=1S/C23H23NO4/c1-4-28-23(26)18(13-17-9-11-19(27-3)12-10-17)14-24-21-8-6-5-7-20(21)16(2)22(24)15-25/h5-13,15H,4,14H2,1-3H3/b18-13+. The molecule has 0 bridgehead atoms. The minimum absolute atomic E-state index is 0.243. The van der Waals surface area contributed by atoms with Crippen LogP contribution in [0.15, 0.2) is 54.1 Å². The summed E-state index contributed by atoms with van der Waals surface area (Å²) in [5, 5.41) is 0.997. The number of para-hydroxylation sites is 1. The molecule has 5 nitrogen and oxygen atoms in total. The number of methoxy groups -OCH3 is 1. The van der Waals surface area contributed by atoms with Crippen LogP contribution < -0.4 is 4.74 Å². The monoisotopic (exact) mass is 377 g/mol. The SMILES string of the molecule is CCOC(=O)/C(=C/c1ccc(OC)cc1)Cn1c(C=O)c(C)c2ccccc21. The molecule has 0 saturated carbocycles. The Morgan fingerprint density at radius 1 is 1.11 bits per heavy atom. The average Bonchev–Trinajstić information content (AvgIpc) is 2.99. The second-order valence-electron chi connectivity index (χ2n) is 6.39. The van der Waals surface area contributed by atoms with E-state index in [2.05, 4.69) is 0 Å². The molecule has 0 radical (unpaired) electrons. The van der Waals surface area contributed by atoms with Crippen molar-refractivity contribution in [2.75, 3.05) is 13.7 Å². The third kappa shape index (κ3) is 3.83. The summed E-state index contributed by atoms with van der Waals surface area (Å²) in [5.41, 5.74) is 3.69. The molecule has 5 heteroatoms. The number of aryl methyl sites for hydroxylation is 1. The smallest absolute Gasteiger partial charge is 0.335 e. The molecular weight excluding hydrogens is 354 g/mol. The van der Waals surface area contributed by atoms with Crippen LogP contribution in [0.25, 0.3) is 17.0 Å². The van der Waals surface area contributed by atoms with E-state index in [0.29, 0.717) is 11.3 Å². The Morgan fingerprint density at radius 2 is 1.82 bits per heavy atom. The summed E-state index contributed by atoms with van der Waals surface area (Å²) >= 11 is 0. The van der Waals surface area contributed by atoms with Crippen molar-refractivity contribution in [3.8, 4) is 5.75 Å². The zero-order valence-corrected chi connectivity index (χ0v) is 16.3. The quantitative estimate of drug-likeness (QED) is 0.347. The van der Waals surface area contributed by atoms with Gasteiger partial charge in [-0.3, -0.25) is 4.79 Å². The minimum atomic E-state index is -0.398. The average molecular weight is 377 g/mol. The Labute approximate surface area is 164 Å². The second-order valence-corrected chi connectivity index (χ2v) is 6.39. The van der Waals surface area contributed by atoms with Crippen molar-refractivity contribution >= 4 is 29.2 Å². The number of esters is 1. The fourth-order valence-corrected chi connectivity index (χ4v) is 3.28. The lowest BCUT2D eigenvalue weighted by Gasteiger charge is -2.12. The van der Waals surface area contributed by atoms with E-state index in [4.69, 9.17) is 9.47 Å². The highest BCUT2D eigenvalue weighted by molar-refractivity contribution is 5.96. The van der Waals surface area contributed by atoms with Crippen LogP contribution in [0.2, 0.25) is 0 Å². The highest BCUT2D eigenvalue weighted by Gasteiger charge is 2.18. The van der Waals surface area contributed by atoms with Crippen LogP contribution in [0.4, 0.5) is 0 Å². The largest absolute Gasteiger partial charge is 0.497 e. The highest BCUT2D eigenvalue weighted by atomic mass is 16.5. The summed E-state index contributed by atoms with van der Waals surface area (Å²) in [6, 6.07) is 15.2. The molecule has 0 unspecified atom stereocenters. The zero-order valence-electron chi connectivity index (χ0n) is 16.3. The molecular formula is C23H23NO4. The molecule has 0 aliphatic heterocycles. The van der Waals surface area contributed by atoms with E-state index < -0.39 is 5.97 Å². The molecule has 0 amide bonds. The van der Waals surface area contributed by atoms with Crippen molar-refractivity contribution in [2.45, 2.75) is 20.4 Å². The first kappa shape index (κ1) is 19.4. The van der Waals surface area contributed by atoms with Crippen LogP contribution in [0, 0.1) is 6.92 Å². The van der Waals surface area contributed by atoms with Gasteiger partial charge in [0.2, 0.25) is 0 Å². The lowest BCUT2D eigenvalue weighted by atomic mass is 10.1. The summed E-state index contributed by atoms with van der Waals surface area (Å²) in [5.74, 6) is 0.343. The Bertz CT molecular complexity index is 1030. The Kier molecular flexibility index (Phi) is 5.94. The number of benzene rings is 2. The lowest BCUT2D eigenvalue weighted by Crippen LogP contribution is -2.15. The van der Waals surface area contributed by atoms with Gasteiger partial charge in [0.15, 0.2) is 6.29 Å². The molecule has 28 heavy (non-hydrogen) atoms. The summed E-state index contributed by atoms with van der Waals surface area (Å²) in [6.07, 6.45) is 2.63. The van der Waals surface area contributed by atoms with Crippen molar-refractivity contribution in [1.82, 2.24) is 4.57 Å². The molecule has 0 N–H and O–H groups in total. The van der Waals surface area contributed by atoms with E-state index in [9.17, 15) is 9.59 Å². The van der Waals surface area contributed by atoms with E-state index in [1.54, 1.807) is 20.1 Å². The van der Waals surface area contributed by atoms with Gasteiger partial charge in [0.05, 0.1) is 31.5 Å². The van der Waals surface area contributed by atoms with E-state index >= 15 is 0 Å². The topological polar surface area (TPSA) is 57.5 Å². The fourth-order valence-electron chi connectivity index (χ4n) is 3.28. The first-order valence-electron chi connectivity index (χ1n) is 9.13. The van der Waals surface area contributed by atoms with Crippen molar-refractivity contribution in [2.24, 2.45) is 0 Å². The second kappa shape index (κ2) is 8.57. The first-order valence-corrected chi connectivity index (χ1v) is 9.13. The predicted octanol–water partition coefficient (Wildman–Crippen LogP) is 4.42. The third-order valence-corrected chi connectivity index (χ3v) is 4.71. The van der Waals surface area contributed by atoms with Gasteiger partial charge in [-0.15, -0.1) is 0 Å². The molecule has 0 fully saturated rings. The van der Waals surface area contributed by atoms with Gasteiger partial charge in [0, 0.05) is 10.9 Å². The van der Waals surface area contributed by atoms with Gasteiger partial charge >= 0.3 is 5.97 Å². The highest BCUT2D eigenvalue weighted by Crippen LogP contribution is 2.26. The van der Waals surface area contributed by atoms with Gasteiger partial charge in [-0.2, -0.15) is 0 Å². The maximum atomic E-state index is 12.6. The molecule has 1 heterocycles. The number of nitrogens with zero attached hydrogens (tertiary/aromatic N) is 1. The van der Waals surface area contributed by atoms with Crippen LogP contribution in [0.5, 0.6) is 5.75 Å². The lowest BCUT2D eigenvalue weighted by molar-refractivity contribution is -0.138. The molecule has 3 aromatic rings. The molecule has 0 saturated heterocycles. The summed E-state index contributed by atoms with van der Waals surface area (Å²) in [6.45, 7) is 4.22. The summed E-state index contributed by atoms with van der Waals surface area (Å²) < 4.78 is 12.3. The molecule has 0 aliphatic carbocycles. The molecule has 144 valence electrons. The van der Waals surface area contributed by atoms with Crippen LogP contribution in [0.1, 0.15) is 28.5 Å². The number of rotatable bonds is 7. The normalized spacial score (nSPS) is 11.5. The number of ether oxygens (including phenoxy) is 2. The fraction of sp³-hybridized carbons (Fsp3) is 0.217. The predicted molar refractivity (Wildman–Crippen MR) is 110 cm³/mol. The molecule has 0 aliphatic rings. The van der Waals surface area contributed by atoms with Gasteiger partial charge in [-0.1, -0.05) is 30.3 Å². The molecule has 1 aromatic heterocycles. The van der Waals surface area contributed by atoms with Crippen molar-refractivity contribution in [1.29, 1.82) is 0 Å². The van der Waals surface area contributed by atoms with Crippen LogP contribution in [0.3, 0.4) is 0 Å². The van der Waals surface area contributed by atoms with Crippen molar-refractivity contribution in [3.63, 3.8) is 0 Å². The molecule has 2 aromatic carbocycles. The van der Waals surface area contributed by atoms with E-state index in [0.717, 1.165) is 34.1 Å². The van der Waals surface area contributed by atoms with E-state index in [-0.39, 0.29) is 13.2 Å². The number of carbonyl (C=O) groups excluding carboxylic acids is 2. The van der Waals surface area contributed by atoms with E-state index in [1.165, 1.54) is 0 Å². The van der Waals surface area contributed by atoms with Gasteiger partial charge < -0.3 is 14.0 Å². The first-order chi connectivity index (χ1) is 13.6. The summed E-state index contributed by atoms with van der Waals surface area (Å²) in [4.78, 5) is 24.4. The molecule has 0 atom stereocenters. The maximum Gasteiger partial charge on any atom is 0.335 e. The van der Waals surface area contributed by atoms with Gasteiger partial charge in [-0.05, 0) is 49.2 Å². The van der Waals surface area contributed by atoms with Crippen LogP contribution in [-0.4, -0.2) is 30.5 Å². The maximum absolute atomic E-state index is 12.6. The Balaban J connectivity index is 2.07. The van der Waals surface area contributed by atoms with Crippen molar-refractivity contribution in [3.05, 3.63) is 70.9 Å². The zero-order chi connectivity index (χ0) is 20.1. The number of carbonyl (C=O) groups is 2. The van der Waals surface area contributed by atoms with Crippen LogP contribution in [-0.2, 0) is 16.1 Å². The summed E-state index contributed by atoms with van der Waals surface area (Å²) in [7, 11) is 1.61. The molecule has 0 spiro atoms. The van der Waals surface area contributed by atoms with Gasteiger partial charge in [0.1, 0.15) is 5.75 Å². The number of aromatic nitrogens is 1. The molecule has 3 rings (SSSR count). The number of hydrogen-bond acceptors (Lipinski definition) is 4. The van der Waals surface area contributed by atoms with Gasteiger partial charge in [-0.25, -0.2) is 4.79 Å². The third-order valence-electron chi connectivity index (χ3n) is 4.71. The van der Waals surface area contributed by atoms with E-state index in [1.807, 2.05) is 60.0 Å².